The Hall–Kier alpha value is -8.14. The molecule has 0 amide bonds. The predicted octanol–water partition coefficient (Wildman–Crippen LogP) is 16.8. The molecular weight excluding hydrogens is 743 g/mol. The average Bonchev–Trinajstić information content (AvgIpc) is 3.91. The van der Waals surface area contributed by atoms with E-state index in [2.05, 4.69) is 205 Å². The van der Waals surface area contributed by atoms with Crippen LogP contribution in [0.3, 0.4) is 0 Å². The van der Waals surface area contributed by atoms with E-state index in [0.717, 1.165) is 88.8 Å². The summed E-state index contributed by atoms with van der Waals surface area (Å²) in [6.07, 6.45) is 0. The van der Waals surface area contributed by atoms with Crippen LogP contribution >= 0.6 is 0 Å². The van der Waals surface area contributed by atoms with Crippen LogP contribution in [0.4, 0.5) is 17.1 Å². The number of furan rings is 2. The third kappa shape index (κ3) is 5.90. The number of nitrogens with zero attached hydrogens (tertiary/aromatic N) is 1. The number of anilines is 3. The van der Waals surface area contributed by atoms with E-state index in [4.69, 9.17) is 8.83 Å². The lowest BCUT2D eigenvalue weighted by molar-refractivity contribution is 0.669. The van der Waals surface area contributed by atoms with Gasteiger partial charge in [-0.2, -0.15) is 0 Å². The van der Waals surface area contributed by atoms with Crippen LogP contribution in [0.1, 0.15) is 0 Å². The molecule has 12 aromatic rings. The van der Waals surface area contributed by atoms with Gasteiger partial charge < -0.3 is 13.7 Å². The standard InChI is InChI=1S/C58H37NO2/c1-2-13-39(14-3-1)45-20-10-15-41-16-11-22-50(57(41)45)47-17-4-7-24-53(47)59(43-32-27-38(28-33-43)42-31-36-56-52(37-42)49-19-6-8-25-54(49)60-56)44-34-29-40(30-35-44)46-21-12-23-51-48-18-5-9-26-55(48)61-58(46)51/h1-37H. The Morgan fingerprint density at radius 3 is 1.59 bits per heavy atom. The first-order valence-corrected chi connectivity index (χ1v) is 20.7. The smallest absolute Gasteiger partial charge is 0.143 e. The molecule has 0 unspecified atom stereocenters. The fourth-order valence-corrected chi connectivity index (χ4v) is 9.22. The number of rotatable bonds is 7. The second-order valence-corrected chi connectivity index (χ2v) is 15.6. The first-order chi connectivity index (χ1) is 30.2. The Balaban J connectivity index is 1.02. The average molecular weight is 780 g/mol. The van der Waals surface area contributed by atoms with Crippen molar-refractivity contribution in [3.8, 4) is 44.5 Å². The summed E-state index contributed by atoms with van der Waals surface area (Å²) >= 11 is 0. The van der Waals surface area contributed by atoms with Crippen molar-refractivity contribution in [2.45, 2.75) is 0 Å². The molecule has 0 fully saturated rings. The highest BCUT2D eigenvalue weighted by Crippen LogP contribution is 2.46. The van der Waals surface area contributed by atoms with Crippen molar-refractivity contribution in [2.24, 2.45) is 0 Å². The molecule has 0 saturated carbocycles. The SMILES string of the molecule is c1ccc(-c2cccc3cccc(-c4ccccc4N(c4ccc(-c5ccc6oc7ccccc7c6c5)cc4)c4ccc(-c5cccc6c5oc5ccccc56)cc4)c23)cc1. The zero-order valence-electron chi connectivity index (χ0n) is 33.1. The second-order valence-electron chi connectivity index (χ2n) is 15.6. The van der Waals surface area contributed by atoms with Gasteiger partial charge in [0.1, 0.15) is 22.3 Å². The Bertz CT molecular complexity index is 3570. The summed E-state index contributed by atoms with van der Waals surface area (Å²) in [5.74, 6) is 0. The molecule has 0 spiro atoms. The molecule has 0 radical (unpaired) electrons. The molecule has 10 aromatic carbocycles. The maximum absolute atomic E-state index is 6.47. The van der Waals surface area contributed by atoms with Crippen molar-refractivity contribution in [1.29, 1.82) is 0 Å². The summed E-state index contributed by atoms with van der Waals surface area (Å²) in [5, 5.41) is 6.94. The minimum absolute atomic E-state index is 0.896. The highest BCUT2D eigenvalue weighted by Gasteiger charge is 2.21. The summed E-state index contributed by atoms with van der Waals surface area (Å²) in [6.45, 7) is 0. The molecule has 286 valence electrons. The Kier molecular flexibility index (Phi) is 8.17. The fraction of sp³-hybridized carbons (Fsp3) is 0. The van der Waals surface area contributed by atoms with E-state index in [1.54, 1.807) is 0 Å². The minimum atomic E-state index is 0.896. The van der Waals surface area contributed by atoms with Crippen LogP contribution in [-0.2, 0) is 0 Å². The molecule has 0 saturated heterocycles. The molecule has 0 N–H and O–H groups in total. The number of benzene rings is 10. The van der Waals surface area contributed by atoms with E-state index in [1.165, 1.54) is 27.5 Å². The van der Waals surface area contributed by atoms with Gasteiger partial charge in [-0.3, -0.25) is 0 Å². The van der Waals surface area contributed by atoms with Gasteiger partial charge in [0.2, 0.25) is 0 Å². The maximum Gasteiger partial charge on any atom is 0.143 e. The first kappa shape index (κ1) is 34.9. The molecule has 0 atom stereocenters. The van der Waals surface area contributed by atoms with Crippen LogP contribution in [0.25, 0.3) is 99.2 Å². The monoisotopic (exact) mass is 779 g/mol. The van der Waals surface area contributed by atoms with Crippen LogP contribution in [0.2, 0.25) is 0 Å². The molecule has 61 heavy (non-hydrogen) atoms. The molecule has 12 rings (SSSR count). The number of fused-ring (bicyclic) bond motifs is 7. The molecule has 0 aliphatic rings. The van der Waals surface area contributed by atoms with Gasteiger partial charge in [0.05, 0.1) is 5.69 Å². The van der Waals surface area contributed by atoms with Crippen molar-refractivity contribution in [1.82, 2.24) is 0 Å². The Labute approximate surface area is 353 Å². The maximum atomic E-state index is 6.47. The molecule has 3 heteroatoms. The lowest BCUT2D eigenvalue weighted by atomic mass is 9.90. The van der Waals surface area contributed by atoms with Gasteiger partial charge in [-0.25, -0.2) is 0 Å². The van der Waals surface area contributed by atoms with Crippen LogP contribution in [0.15, 0.2) is 233 Å². The van der Waals surface area contributed by atoms with Crippen LogP contribution in [-0.4, -0.2) is 0 Å². The third-order valence-electron chi connectivity index (χ3n) is 12.1. The van der Waals surface area contributed by atoms with Gasteiger partial charge in [-0.15, -0.1) is 0 Å². The van der Waals surface area contributed by atoms with Gasteiger partial charge in [0.15, 0.2) is 0 Å². The number of para-hydroxylation sites is 4. The van der Waals surface area contributed by atoms with E-state index >= 15 is 0 Å². The second kappa shape index (κ2) is 14.3. The molecule has 2 heterocycles. The summed E-state index contributed by atoms with van der Waals surface area (Å²) in [7, 11) is 0. The fourth-order valence-electron chi connectivity index (χ4n) is 9.22. The van der Waals surface area contributed by atoms with Gasteiger partial charge in [0.25, 0.3) is 0 Å². The van der Waals surface area contributed by atoms with E-state index in [9.17, 15) is 0 Å². The minimum Gasteiger partial charge on any atom is -0.456 e. The molecule has 0 aliphatic carbocycles. The zero-order chi connectivity index (χ0) is 40.3. The van der Waals surface area contributed by atoms with Crippen LogP contribution in [0, 0.1) is 0 Å². The van der Waals surface area contributed by atoms with Crippen LogP contribution < -0.4 is 4.90 Å². The Morgan fingerprint density at radius 1 is 0.295 bits per heavy atom. The van der Waals surface area contributed by atoms with Gasteiger partial charge in [-0.05, 0) is 98.8 Å². The van der Waals surface area contributed by atoms with Gasteiger partial charge >= 0.3 is 0 Å². The third-order valence-corrected chi connectivity index (χ3v) is 12.1. The number of hydrogen-bond acceptors (Lipinski definition) is 3. The molecular formula is C58H37NO2. The quantitative estimate of drug-likeness (QED) is 0.161. The summed E-state index contributed by atoms with van der Waals surface area (Å²) in [4.78, 5) is 2.39. The normalized spacial score (nSPS) is 11.6. The van der Waals surface area contributed by atoms with Crippen molar-refractivity contribution < 1.29 is 8.83 Å². The molecule has 0 aliphatic heterocycles. The van der Waals surface area contributed by atoms with Crippen molar-refractivity contribution >= 4 is 71.7 Å². The first-order valence-electron chi connectivity index (χ1n) is 20.7. The number of hydrogen-bond donors (Lipinski definition) is 0. The lowest BCUT2D eigenvalue weighted by Crippen LogP contribution is -2.11. The van der Waals surface area contributed by atoms with Crippen molar-refractivity contribution in [2.75, 3.05) is 4.90 Å². The molecule has 2 aromatic heterocycles. The van der Waals surface area contributed by atoms with E-state index in [1.807, 2.05) is 24.3 Å². The van der Waals surface area contributed by atoms with Gasteiger partial charge in [0, 0.05) is 44.0 Å². The topological polar surface area (TPSA) is 29.5 Å². The molecule has 0 bridgehead atoms. The Morgan fingerprint density at radius 2 is 0.820 bits per heavy atom. The van der Waals surface area contributed by atoms with Crippen molar-refractivity contribution in [3.63, 3.8) is 0 Å². The predicted molar refractivity (Wildman–Crippen MR) is 255 cm³/mol. The van der Waals surface area contributed by atoms with Crippen molar-refractivity contribution in [3.05, 3.63) is 224 Å². The van der Waals surface area contributed by atoms with Crippen LogP contribution in [0.5, 0.6) is 0 Å². The summed E-state index contributed by atoms with van der Waals surface area (Å²) in [5.41, 5.74) is 16.0. The summed E-state index contributed by atoms with van der Waals surface area (Å²) < 4.78 is 12.6. The van der Waals surface area contributed by atoms with E-state index in [-0.39, 0.29) is 0 Å². The van der Waals surface area contributed by atoms with E-state index in [0.29, 0.717) is 0 Å². The van der Waals surface area contributed by atoms with E-state index < -0.39 is 0 Å². The largest absolute Gasteiger partial charge is 0.456 e. The summed E-state index contributed by atoms with van der Waals surface area (Å²) in [6, 6.07) is 80.1. The van der Waals surface area contributed by atoms with Gasteiger partial charge in [-0.1, -0.05) is 170 Å². The highest BCUT2D eigenvalue weighted by atomic mass is 16.3. The highest BCUT2D eigenvalue weighted by molar-refractivity contribution is 6.11. The zero-order valence-corrected chi connectivity index (χ0v) is 33.1. The lowest BCUT2D eigenvalue weighted by Gasteiger charge is -2.29. The molecule has 3 nitrogen and oxygen atoms in total.